The molecule has 112 valence electrons. The van der Waals surface area contributed by atoms with Gasteiger partial charge in [0.1, 0.15) is 17.2 Å². The van der Waals surface area contributed by atoms with Gasteiger partial charge in [-0.15, -0.1) is 10.2 Å². The minimum atomic E-state index is 0.610. The molecule has 1 aromatic heterocycles. The Balaban J connectivity index is 2.48. The zero-order chi connectivity index (χ0) is 15.4. The van der Waals surface area contributed by atoms with E-state index < -0.39 is 0 Å². The van der Waals surface area contributed by atoms with Crippen LogP contribution in [-0.4, -0.2) is 42.4 Å². The molecule has 0 atom stereocenters. The van der Waals surface area contributed by atoms with Crippen LogP contribution in [0.1, 0.15) is 17.2 Å². The molecule has 0 radical (unpaired) electrons. The van der Waals surface area contributed by atoms with Gasteiger partial charge in [0.25, 0.3) is 0 Å². The van der Waals surface area contributed by atoms with Gasteiger partial charge >= 0.3 is 0 Å². The molecule has 1 aromatic carbocycles. The maximum atomic E-state index is 5.37. The van der Waals surface area contributed by atoms with E-state index in [1.54, 1.807) is 44.4 Å². The number of methoxy groups -OCH3 is 3. The summed E-state index contributed by atoms with van der Waals surface area (Å²) in [6.07, 6.45) is 1.65. The molecule has 7 heteroatoms. The summed E-state index contributed by atoms with van der Waals surface area (Å²) in [6, 6.07) is 3.55. The quantitative estimate of drug-likeness (QED) is 0.785. The molecule has 2 aromatic rings. The molecule has 0 saturated heterocycles. The summed E-state index contributed by atoms with van der Waals surface area (Å²) in [5.41, 5.74) is 0.716. The lowest BCUT2D eigenvalue weighted by molar-refractivity contribution is 0.374. The van der Waals surface area contributed by atoms with Crippen molar-refractivity contribution < 1.29 is 14.2 Å². The Hall–Kier alpha value is -2.57. The molecule has 0 aliphatic heterocycles. The van der Waals surface area contributed by atoms with Crippen LogP contribution in [0.25, 0.3) is 0 Å². The van der Waals surface area contributed by atoms with Crippen molar-refractivity contribution in [1.29, 1.82) is 0 Å². The van der Waals surface area contributed by atoms with E-state index >= 15 is 0 Å². The highest BCUT2D eigenvalue weighted by atomic mass is 16.5. The first kappa shape index (κ1) is 14.8. The number of aryl methyl sites for hydroxylation is 2. The van der Waals surface area contributed by atoms with Crippen LogP contribution >= 0.6 is 0 Å². The largest absolute Gasteiger partial charge is 0.496 e. The minimum Gasteiger partial charge on any atom is -0.496 e. The van der Waals surface area contributed by atoms with E-state index in [9.17, 15) is 0 Å². The normalized spacial score (nSPS) is 10.9. The monoisotopic (exact) mass is 290 g/mol. The lowest BCUT2D eigenvalue weighted by Crippen LogP contribution is -2.00. The van der Waals surface area contributed by atoms with Gasteiger partial charge in [0.05, 0.1) is 33.1 Å². The zero-order valence-electron chi connectivity index (χ0n) is 12.7. The molecule has 0 N–H and O–H groups in total. The van der Waals surface area contributed by atoms with Crippen molar-refractivity contribution in [3.8, 4) is 17.2 Å². The summed E-state index contributed by atoms with van der Waals surface area (Å²) in [6.45, 7) is 3.67. The van der Waals surface area contributed by atoms with E-state index in [1.165, 1.54) is 0 Å². The van der Waals surface area contributed by atoms with Gasteiger partial charge in [0.2, 0.25) is 0 Å². The highest BCUT2D eigenvalue weighted by Gasteiger charge is 2.12. The molecule has 1 heterocycles. The summed E-state index contributed by atoms with van der Waals surface area (Å²) in [4.78, 5) is 0. The maximum Gasteiger partial charge on any atom is 0.151 e. The molecule has 0 unspecified atom stereocenters. The summed E-state index contributed by atoms with van der Waals surface area (Å²) >= 11 is 0. The third kappa shape index (κ3) is 2.96. The predicted molar refractivity (Wildman–Crippen MR) is 78.6 cm³/mol. The summed E-state index contributed by atoms with van der Waals surface area (Å²) in [5, 5.41) is 12.3. The smallest absolute Gasteiger partial charge is 0.151 e. The lowest BCUT2D eigenvalue weighted by Gasteiger charge is -2.12. The van der Waals surface area contributed by atoms with Gasteiger partial charge < -0.3 is 14.2 Å². The van der Waals surface area contributed by atoms with Crippen LogP contribution in [0.15, 0.2) is 17.2 Å². The number of hydrogen-bond acceptors (Lipinski definition) is 6. The summed E-state index contributed by atoms with van der Waals surface area (Å²) < 4.78 is 17.6. The number of nitrogens with zero attached hydrogens (tertiary/aromatic N) is 4. The summed E-state index contributed by atoms with van der Waals surface area (Å²) in [7, 11) is 4.76. The number of rotatable bonds is 5. The average Bonchev–Trinajstić information content (AvgIpc) is 2.83. The molecular formula is C14H18N4O3. The van der Waals surface area contributed by atoms with Crippen molar-refractivity contribution >= 4 is 6.21 Å². The number of aromatic nitrogens is 3. The van der Waals surface area contributed by atoms with Crippen molar-refractivity contribution in [2.45, 2.75) is 13.8 Å². The van der Waals surface area contributed by atoms with Crippen molar-refractivity contribution in [3.63, 3.8) is 0 Å². The highest BCUT2D eigenvalue weighted by Crippen LogP contribution is 2.32. The molecule has 0 amide bonds. The molecule has 0 aliphatic carbocycles. The second kappa shape index (κ2) is 6.25. The van der Waals surface area contributed by atoms with Crippen LogP contribution in [0, 0.1) is 13.8 Å². The van der Waals surface area contributed by atoms with Crippen molar-refractivity contribution in [2.75, 3.05) is 21.3 Å². The van der Waals surface area contributed by atoms with Crippen LogP contribution in [0.4, 0.5) is 0 Å². The minimum absolute atomic E-state index is 0.610. The molecule has 21 heavy (non-hydrogen) atoms. The fourth-order valence-corrected chi connectivity index (χ4v) is 1.91. The molecule has 7 nitrogen and oxygen atoms in total. The first-order valence-corrected chi connectivity index (χ1v) is 6.33. The molecule has 0 bridgehead atoms. The molecule has 2 rings (SSSR count). The van der Waals surface area contributed by atoms with Crippen LogP contribution in [0.2, 0.25) is 0 Å². The first-order valence-electron chi connectivity index (χ1n) is 6.33. The Morgan fingerprint density at radius 2 is 1.48 bits per heavy atom. The van der Waals surface area contributed by atoms with Gasteiger partial charge in [-0.25, -0.2) is 4.68 Å². The number of benzene rings is 1. The zero-order valence-corrected chi connectivity index (χ0v) is 12.7. The fourth-order valence-electron chi connectivity index (χ4n) is 1.91. The maximum absolute atomic E-state index is 5.37. The Morgan fingerprint density at radius 3 is 1.90 bits per heavy atom. The van der Waals surface area contributed by atoms with E-state index in [0.717, 1.165) is 0 Å². The average molecular weight is 290 g/mol. The fraction of sp³-hybridized carbons (Fsp3) is 0.357. The van der Waals surface area contributed by atoms with E-state index in [1.807, 2.05) is 13.8 Å². The molecular weight excluding hydrogens is 272 g/mol. The second-order valence-electron chi connectivity index (χ2n) is 4.30. The summed E-state index contributed by atoms with van der Waals surface area (Å²) in [5.74, 6) is 3.28. The van der Waals surface area contributed by atoms with E-state index in [4.69, 9.17) is 14.2 Å². The van der Waals surface area contributed by atoms with Gasteiger partial charge in [-0.05, 0) is 13.8 Å². The Labute approximate surface area is 123 Å². The molecule has 0 saturated carbocycles. The predicted octanol–water partition coefficient (Wildman–Crippen LogP) is 1.80. The van der Waals surface area contributed by atoms with Gasteiger partial charge in [-0.2, -0.15) is 5.10 Å². The van der Waals surface area contributed by atoms with Gasteiger partial charge in [-0.1, -0.05) is 0 Å². The van der Waals surface area contributed by atoms with Crippen molar-refractivity contribution in [3.05, 3.63) is 29.3 Å². The van der Waals surface area contributed by atoms with Crippen LogP contribution in [-0.2, 0) is 0 Å². The van der Waals surface area contributed by atoms with Crippen LogP contribution < -0.4 is 14.2 Å². The Bertz CT molecular complexity index is 620. The second-order valence-corrected chi connectivity index (χ2v) is 4.30. The first-order chi connectivity index (χ1) is 10.1. The standard InChI is InChI=1S/C14H18N4O3/c1-9-16-17-10(2)18(9)15-8-12-13(20-4)6-11(19-3)7-14(12)21-5/h6-8H,1-5H3/b15-8+. The van der Waals surface area contributed by atoms with E-state index in [0.29, 0.717) is 34.5 Å². The Morgan fingerprint density at radius 1 is 0.952 bits per heavy atom. The van der Waals surface area contributed by atoms with Gasteiger partial charge in [0, 0.05) is 12.1 Å². The topological polar surface area (TPSA) is 70.8 Å². The molecule has 0 spiro atoms. The van der Waals surface area contributed by atoms with E-state index in [-0.39, 0.29) is 0 Å². The third-order valence-electron chi connectivity index (χ3n) is 3.01. The van der Waals surface area contributed by atoms with Crippen LogP contribution in [0.5, 0.6) is 17.2 Å². The van der Waals surface area contributed by atoms with E-state index in [2.05, 4.69) is 15.3 Å². The van der Waals surface area contributed by atoms with Crippen molar-refractivity contribution in [2.24, 2.45) is 5.10 Å². The Kier molecular flexibility index (Phi) is 4.42. The number of hydrogen-bond donors (Lipinski definition) is 0. The molecule has 0 aliphatic rings. The SMILES string of the molecule is COc1cc(OC)c(/C=N/n2c(C)nnc2C)c(OC)c1. The van der Waals surface area contributed by atoms with Crippen LogP contribution in [0.3, 0.4) is 0 Å². The molecule has 0 fully saturated rings. The highest BCUT2D eigenvalue weighted by molar-refractivity contribution is 5.88. The van der Waals surface area contributed by atoms with Gasteiger partial charge in [-0.3, -0.25) is 0 Å². The van der Waals surface area contributed by atoms with Crippen molar-refractivity contribution in [1.82, 2.24) is 14.9 Å². The third-order valence-corrected chi connectivity index (χ3v) is 3.01. The number of ether oxygens (including phenoxy) is 3. The van der Waals surface area contributed by atoms with Gasteiger partial charge in [0.15, 0.2) is 11.6 Å². The lowest BCUT2D eigenvalue weighted by atomic mass is 10.2.